The van der Waals surface area contributed by atoms with Crippen LogP contribution in [0.4, 0.5) is 0 Å². The predicted octanol–water partition coefficient (Wildman–Crippen LogP) is 23.0. The van der Waals surface area contributed by atoms with Crippen LogP contribution >= 0.6 is 15.6 Å². The third-order valence-electron chi connectivity index (χ3n) is 18.9. The molecule has 4 unspecified atom stereocenters. The lowest BCUT2D eigenvalue weighted by Crippen LogP contribution is -2.30. The van der Waals surface area contributed by atoms with Crippen molar-refractivity contribution in [2.24, 2.45) is 17.8 Å². The molecule has 0 radical (unpaired) electrons. The molecule has 17 nitrogen and oxygen atoms in total. The molecular weight excluding hydrogens is 1270 g/mol. The molecule has 7 atom stereocenters. The first-order valence-corrected chi connectivity index (χ1v) is 43.4. The molecule has 0 aliphatic rings. The second-order valence-corrected chi connectivity index (χ2v) is 32.0. The SMILES string of the molecule is CCCCCCCCCCCCCCC(=O)OC[C@H](COP(=O)(O)OC[C@H](O)COP(=O)(O)OC[C@@H](COC(=O)CCCCCCCCCCCCC(C)CC)OC(=O)CCCCCCCCCCCCCCCCC(C)C)OC(=O)CCCCCCCCCCCCC(C)CC. The fourth-order valence-corrected chi connectivity index (χ4v) is 13.5. The van der Waals surface area contributed by atoms with E-state index in [-0.39, 0.29) is 25.7 Å². The van der Waals surface area contributed by atoms with Crippen LogP contribution in [0.1, 0.15) is 402 Å². The number of phosphoric acid groups is 2. The van der Waals surface area contributed by atoms with Gasteiger partial charge >= 0.3 is 39.5 Å². The Labute approximate surface area is 594 Å². The number of carbonyl (C=O) groups is 4. The lowest BCUT2D eigenvalue weighted by atomic mass is 9.99. The zero-order valence-electron chi connectivity index (χ0n) is 63.5. The number of hydrogen-bond acceptors (Lipinski definition) is 15. The van der Waals surface area contributed by atoms with Crippen LogP contribution in [0, 0.1) is 17.8 Å². The molecule has 0 aliphatic heterocycles. The van der Waals surface area contributed by atoms with E-state index >= 15 is 0 Å². The van der Waals surface area contributed by atoms with E-state index in [4.69, 9.17) is 37.0 Å². The molecule has 0 heterocycles. The first kappa shape index (κ1) is 95.1. The van der Waals surface area contributed by atoms with E-state index in [0.717, 1.165) is 108 Å². The number of aliphatic hydroxyl groups is 1. The number of aliphatic hydroxyl groups excluding tert-OH is 1. The maximum atomic E-state index is 13.1. The van der Waals surface area contributed by atoms with E-state index in [0.29, 0.717) is 25.7 Å². The van der Waals surface area contributed by atoms with Crippen LogP contribution in [-0.4, -0.2) is 96.7 Å². The summed E-state index contributed by atoms with van der Waals surface area (Å²) in [5, 5.41) is 10.6. The van der Waals surface area contributed by atoms with E-state index in [1.807, 2.05) is 0 Å². The summed E-state index contributed by atoms with van der Waals surface area (Å²) in [5.41, 5.74) is 0. The number of carbonyl (C=O) groups excluding carboxylic acids is 4. The van der Waals surface area contributed by atoms with Crippen LogP contribution in [0.5, 0.6) is 0 Å². The Morgan fingerprint density at radius 3 is 0.784 bits per heavy atom. The maximum absolute atomic E-state index is 13.1. The molecule has 0 bridgehead atoms. The molecule has 97 heavy (non-hydrogen) atoms. The van der Waals surface area contributed by atoms with Crippen molar-refractivity contribution in [1.29, 1.82) is 0 Å². The average Bonchev–Trinajstić information content (AvgIpc) is 1.40. The zero-order valence-corrected chi connectivity index (χ0v) is 65.3. The summed E-state index contributed by atoms with van der Waals surface area (Å²) in [6.45, 7) is 12.0. The van der Waals surface area contributed by atoms with E-state index in [2.05, 4.69) is 48.5 Å². The lowest BCUT2D eigenvalue weighted by Gasteiger charge is -2.21. The minimum Gasteiger partial charge on any atom is -0.462 e. The number of hydrogen-bond donors (Lipinski definition) is 3. The Morgan fingerprint density at radius 2 is 0.526 bits per heavy atom. The van der Waals surface area contributed by atoms with Crippen LogP contribution < -0.4 is 0 Å². The quantitative estimate of drug-likeness (QED) is 0.0222. The summed E-state index contributed by atoms with van der Waals surface area (Å²) < 4.78 is 68.7. The fourth-order valence-electron chi connectivity index (χ4n) is 11.9. The Morgan fingerprint density at radius 1 is 0.299 bits per heavy atom. The Kier molecular flexibility index (Phi) is 67.1. The Hall–Kier alpha value is -1.94. The van der Waals surface area contributed by atoms with Gasteiger partial charge in [-0.2, -0.15) is 0 Å². The molecule has 0 rings (SSSR count). The van der Waals surface area contributed by atoms with Gasteiger partial charge in [-0.3, -0.25) is 37.3 Å². The van der Waals surface area contributed by atoms with Crippen LogP contribution in [0.2, 0.25) is 0 Å². The number of unbranched alkanes of at least 4 members (excludes halogenated alkanes) is 42. The van der Waals surface area contributed by atoms with E-state index in [1.54, 1.807) is 0 Å². The molecule has 0 saturated heterocycles. The highest BCUT2D eigenvalue weighted by Crippen LogP contribution is 2.45. The van der Waals surface area contributed by atoms with Gasteiger partial charge in [0.25, 0.3) is 0 Å². The zero-order chi connectivity index (χ0) is 71.6. The second kappa shape index (κ2) is 68.5. The van der Waals surface area contributed by atoms with Crippen molar-refractivity contribution in [1.82, 2.24) is 0 Å². The summed E-state index contributed by atoms with van der Waals surface area (Å²) in [4.78, 5) is 72.9. The fraction of sp³-hybridized carbons (Fsp3) is 0.949. The van der Waals surface area contributed by atoms with Crippen molar-refractivity contribution in [2.75, 3.05) is 39.6 Å². The minimum atomic E-state index is -4.96. The van der Waals surface area contributed by atoms with Gasteiger partial charge in [-0.15, -0.1) is 0 Å². The molecule has 0 spiro atoms. The minimum absolute atomic E-state index is 0.106. The summed E-state index contributed by atoms with van der Waals surface area (Å²) in [6.07, 6.45) is 55.2. The summed E-state index contributed by atoms with van der Waals surface area (Å²) in [7, 11) is -9.92. The molecule has 0 fully saturated rings. The van der Waals surface area contributed by atoms with Crippen LogP contribution in [0.15, 0.2) is 0 Å². The average molecular weight is 1420 g/mol. The molecule has 0 aliphatic carbocycles. The van der Waals surface area contributed by atoms with Crippen molar-refractivity contribution >= 4 is 39.5 Å². The smallest absolute Gasteiger partial charge is 0.462 e. The van der Waals surface area contributed by atoms with Gasteiger partial charge in [0.1, 0.15) is 19.3 Å². The summed E-state index contributed by atoms with van der Waals surface area (Å²) >= 11 is 0. The van der Waals surface area contributed by atoms with Gasteiger partial charge < -0.3 is 33.8 Å². The third kappa shape index (κ3) is 69.5. The van der Waals surface area contributed by atoms with Gasteiger partial charge in [0.15, 0.2) is 12.2 Å². The molecule has 576 valence electrons. The van der Waals surface area contributed by atoms with Crippen LogP contribution in [0.3, 0.4) is 0 Å². The number of esters is 4. The molecule has 19 heteroatoms. The van der Waals surface area contributed by atoms with Gasteiger partial charge in [-0.05, 0) is 43.4 Å². The molecular formula is C78H152O17P2. The number of phosphoric ester groups is 2. The van der Waals surface area contributed by atoms with Crippen molar-refractivity contribution in [3.05, 3.63) is 0 Å². The van der Waals surface area contributed by atoms with Crippen LogP contribution in [0.25, 0.3) is 0 Å². The van der Waals surface area contributed by atoms with Gasteiger partial charge in [-0.25, -0.2) is 9.13 Å². The molecule has 0 amide bonds. The van der Waals surface area contributed by atoms with Gasteiger partial charge in [0.2, 0.25) is 0 Å². The first-order chi connectivity index (χ1) is 46.8. The highest BCUT2D eigenvalue weighted by molar-refractivity contribution is 7.47. The Balaban J connectivity index is 5.28. The van der Waals surface area contributed by atoms with Gasteiger partial charge in [0.05, 0.1) is 26.4 Å². The molecule has 3 N–H and O–H groups in total. The second-order valence-electron chi connectivity index (χ2n) is 29.1. The maximum Gasteiger partial charge on any atom is 0.472 e. The monoisotopic (exact) mass is 1420 g/mol. The topological polar surface area (TPSA) is 237 Å². The van der Waals surface area contributed by atoms with E-state index in [1.165, 1.54) is 212 Å². The highest BCUT2D eigenvalue weighted by Gasteiger charge is 2.30. The molecule has 0 saturated carbocycles. The van der Waals surface area contributed by atoms with E-state index in [9.17, 15) is 43.2 Å². The summed E-state index contributed by atoms with van der Waals surface area (Å²) in [5.74, 6) is 0.295. The Bertz CT molecular complexity index is 1890. The molecule has 0 aromatic heterocycles. The van der Waals surface area contributed by atoms with Crippen LogP contribution in [-0.2, 0) is 65.4 Å². The van der Waals surface area contributed by atoms with E-state index < -0.39 is 97.5 Å². The standard InChI is InChI=1S/C78H152O17P2/c1-8-11-12-13-14-15-16-22-31-38-45-52-59-75(80)88-65-74(95-78(83)62-55-48-41-34-27-25-30-37-44-51-58-71(7)10-3)68-93-97(86,87)91-64-72(79)63-90-96(84,85)92-67-73(66-89-76(81)60-53-46-39-32-26-24-29-36-43-50-57-70(6)9-2)94-77(82)61-54-47-40-33-23-20-18-17-19-21-28-35-42-49-56-69(4)5/h69-74,79H,8-68H2,1-7H3,(H,84,85)(H,86,87)/t70?,71?,72-,73-,74-/m1/s1. The van der Waals surface area contributed by atoms with Crippen molar-refractivity contribution < 1.29 is 80.2 Å². The third-order valence-corrected chi connectivity index (χ3v) is 20.8. The largest absolute Gasteiger partial charge is 0.472 e. The lowest BCUT2D eigenvalue weighted by molar-refractivity contribution is -0.161. The van der Waals surface area contributed by atoms with Crippen molar-refractivity contribution in [3.63, 3.8) is 0 Å². The van der Waals surface area contributed by atoms with Crippen molar-refractivity contribution in [2.45, 2.75) is 420 Å². The first-order valence-electron chi connectivity index (χ1n) is 40.4. The van der Waals surface area contributed by atoms with Gasteiger partial charge in [0, 0.05) is 25.7 Å². The number of rotatable bonds is 76. The van der Waals surface area contributed by atoms with Gasteiger partial charge in [-0.1, -0.05) is 350 Å². The molecule has 0 aromatic carbocycles. The highest BCUT2D eigenvalue weighted by atomic mass is 31.2. The summed E-state index contributed by atoms with van der Waals surface area (Å²) in [6, 6.07) is 0. The predicted molar refractivity (Wildman–Crippen MR) is 395 cm³/mol. The molecule has 0 aromatic rings. The van der Waals surface area contributed by atoms with Crippen molar-refractivity contribution in [3.8, 4) is 0 Å². The normalized spacial score (nSPS) is 14.6. The number of ether oxygens (including phenoxy) is 4.